The number of hydrogen-bond donors (Lipinski definition) is 2. The summed E-state index contributed by atoms with van der Waals surface area (Å²) in [6.07, 6.45) is 4.62. The summed E-state index contributed by atoms with van der Waals surface area (Å²) in [6, 6.07) is 0. The molecule has 1 unspecified atom stereocenters. The van der Waals surface area contributed by atoms with Gasteiger partial charge in [-0.3, -0.25) is 4.79 Å². The van der Waals surface area contributed by atoms with Crippen LogP contribution in [-0.4, -0.2) is 17.4 Å². The van der Waals surface area contributed by atoms with Gasteiger partial charge in [0.2, 0.25) is 5.91 Å². The highest BCUT2D eigenvalue weighted by Gasteiger charge is 2.24. The number of thiocarbonyl (C=S) groups is 1. The van der Waals surface area contributed by atoms with Crippen LogP contribution in [0.1, 0.15) is 46.5 Å². The standard InChI is InChI=1S/C12H24N2OS/c1-4-5-6-7-8-14-12(15)10(9(2)3)11(13)16/h9-10H,4-8H2,1-3H3,(H2,13,16)(H,14,15). The van der Waals surface area contributed by atoms with E-state index in [1.54, 1.807) is 0 Å². The predicted molar refractivity (Wildman–Crippen MR) is 72.3 cm³/mol. The van der Waals surface area contributed by atoms with Gasteiger partial charge in [0.05, 0.1) is 10.9 Å². The molecule has 0 heterocycles. The molecule has 0 fully saturated rings. The minimum Gasteiger partial charge on any atom is -0.393 e. The number of hydrogen-bond acceptors (Lipinski definition) is 2. The van der Waals surface area contributed by atoms with Gasteiger partial charge in [0.15, 0.2) is 0 Å². The van der Waals surface area contributed by atoms with Crippen LogP contribution in [0, 0.1) is 11.8 Å². The molecule has 3 nitrogen and oxygen atoms in total. The number of nitrogens with one attached hydrogen (secondary N) is 1. The van der Waals surface area contributed by atoms with Gasteiger partial charge >= 0.3 is 0 Å². The highest BCUT2D eigenvalue weighted by molar-refractivity contribution is 7.80. The second-order valence-corrected chi connectivity index (χ2v) is 4.95. The largest absolute Gasteiger partial charge is 0.393 e. The molecule has 94 valence electrons. The van der Waals surface area contributed by atoms with E-state index >= 15 is 0 Å². The molecule has 0 radical (unpaired) electrons. The van der Waals surface area contributed by atoms with Crippen LogP contribution in [0.4, 0.5) is 0 Å². The second-order valence-electron chi connectivity index (χ2n) is 4.48. The Morgan fingerprint density at radius 3 is 2.38 bits per heavy atom. The molecule has 0 aromatic carbocycles. The van der Waals surface area contributed by atoms with Gasteiger partial charge in [0.25, 0.3) is 0 Å². The van der Waals surface area contributed by atoms with Crippen molar-refractivity contribution < 1.29 is 4.79 Å². The number of rotatable bonds is 8. The smallest absolute Gasteiger partial charge is 0.230 e. The number of amides is 1. The summed E-state index contributed by atoms with van der Waals surface area (Å²) >= 11 is 4.91. The van der Waals surface area contributed by atoms with Crippen molar-refractivity contribution in [3.05, 3.63) is 0 Å². The quantitative estimate of drug-likeness (QED) is 0.508. The van der Waals surface area contributed by atoms with Crippen molar-refractivity contribution in [3.8, 4) is 0 Å². The molecule has 4 heteroatoms. The Labute approximate surface area is 104 Å². The van der Waals surface area contributed by atoms with E-state index in [0.717, 1.165) is 19.4 Å². The van der Waals surface area contributed by atoms with Crippen molar-refractivity contribution >= 4 is 23.1 Å². The van der Waals surface area contributed by atoms with Crippen LogP contribution in [0.5, 0.6) is 0 Å². The first-order valence-electron chi connectivity index (χ1n) is 6.07. The summed E-state index contributed by atoms with van der Waals surface area (Å²) in [5.74, 6) is -0.201. The minimum atomic E-state index is -0.332. The third-order valence-electron chi connectivity index (χ3n) is 2.59. The molecule has 0 aliphatic carbocycles. The zero-order chi connectivity index (χ0) is 12.6. The van der Waals surface area contributed by atoms with Crippen LogP contribution < -0.4 is 11.1 Å². The molecule has 0 saturated carbocycles. The minimum absolute atomic E-state index is 0.0287. The predicted octanol–water partition coefficient (Wildman–Crippen LogP) is 2.24. The van der Waals surface area contributed by atoms with Gasteiger partial charge in [-0.15, -0.1) is 0 Å². The molecule has 0 spiro atoms. The average Bonchev–Trinajstić information content (AvgIpc) is 2.16. The maximum atomic E-state index is 11.8. The van der Waals surface area contributed by atoms with Crippen LogP contribution in [0.25, 0.3) is 0 Å². The second kappa shape index (κ2) is 8.50. The molecule has 0 aliphatic rings. The Balaban J connectivity index is 3.89. The summed E-state index contributed by atoms with van der Waals surface area (Å²) < 4.78 is 0. The maximum absolute atomic E-state index is 11.8. The Kier molecular flexibility index (Phi) is 8.16. The summed E-state index contributed by atoms with van der Waals surface area (Å²) in [7, 11) is 0. The van der Waals surface area contributed by atoms with Crippen LogP contribution in [0.2, 0.25) is 0 Å². The lowest BCUT2D eigenvalue weighted by atomic mass is 9.95. The number of carbonyl (C=O) groups is 1. The Morgan fingerprint density at radius 1 is 1.31 bits per heavy atom. The summed E-state index contributed by atoms with van der Waals surface area (Å²) in [4.78, 5) is 12.1. The fraction of sp³-hybridized carbons (Fsp3) is 0.833. The SMILES string of the molecule is CCCCCCNC(=O)C(C(N)=S)C(C)C. The molecular weight excluding hydrogens is 220 g/mol. The number of nitrogens with two attached hydrogens (primary N) is 1. The van der Waals surface area contributed by atoms with E-state index in [0.29, 0.717) is 4.99 Å². The fourth-order valence-electron chi connectivity index (χ4n) is 1.63. The van der Waals surface area contributed by atoms with E-state index < -0.39 is 0 Å². The summed E-state index contributed by atoms with van der Waals surface area (Å²) in [5.41, 5.74) is 5.56. The highest BCUT2D eigenvalue weighted by atomic mass is 32.1. The van der Waals surface area contributed by atoms with E-state index in [9.17, 15) is 4.79 Å². The third kappa shape index (κ3) is 6.05. The molecule has 0 rings (SSSR count). The van der Waals surface area contributed by atoms with Crippen molar-refractivity contribution in [2.24, 2.45) is 17.6 Å². The summed E-state index contributed by atoms with van der Waals surface area (Å²) in [6.45, 7) is 6.81. The lowest BCUT2D eigenvalue weighted by Gasteiger charge is -2.18. The molecular formula is C12H24N2OS. The van der Waals surface area contributed by atoms with E-state index in [1.807, 2.05) is 13.8 Å². The van der Waals surface area contributed by atoms with Crippen LogP contribution >= 0.6 is 12.2 Å². The van der Waals surface area contributed by atoms with Gasteiger partial charge in [-0.2, -0.15) is 0 Å². The average molecular weight is 244 g/mol. The molecule has 3 N–H and O–H groups in total. The first-order valence-corrected chi connectivity index (χ1v) is 6.48. The lowest BCUT2D eigenvalue weighted by Crippen LogP contribution is -2.41. The zero-order valence-corrected chi connectivity index (χ0v) is 11.4. The van der Waals surface area contributed by atoms with Crippen LogP contribution in [0.15, 0.2) is 0 Å². The Hall–Kier alpha value is -0.640. The van der Waals surface area contributed by atoms with Crippen molar-refractivity contribution in [2.75, 3.05) is 6.54 Å². The zero-order valence-electron chi connectivity index (χ0n) is 10.6. The van der Waals surface area contributed by atoms with Gasteiger partial charge in [-0.05, 0) is 12.3 Å². The molecule has 0 aromatic heterocycles. The monoisotopic (exact) mass is 244 g/mol. The van der Waals surface area contributed by atoms with E-state index in [4.69, 9.17) is 18.0 Å². The molecule has 0 aromatic rings. The lowest BCUT2D eigenvalue weighted by molar-refractivity contribution is -0.123. The van der Waals surface area contributed by atoms with Gasteiger partial charge in [-0.25, -0.2) is 0 Å². The van der Waals surface area contributed by atoms with Gasteiger partial charge < -0.3 is 11.1 Å². The van der Waals surface area contributed by atoms with Crippen molar-refractivity contribution in [1.29, 1.82) is 0 Å². The fourth-order valence-corrected chi connectivity index (χ4v) is 2.01. The van der Waals surface area contributed by atoms with E-state index in [2.05, 4.69) is 12.2 Å². The first kappa shape index (κ1) is 15.4. The van der Waals surface area contributed by atoms with Crippen LogP contribution in [0.3, 0.4) is 0 Å². The van der Waals surface area contributed by atoms with Crippen molar-refractivity contribution in [1.82, 2.24) is 5.32 Å². The molecule has 1 atom stereocenters. The van der Waals surface area contributed by atoms with Gasteiger partial charge in [-0.1, -0.05) is 52.3 Å². The molecule has 0 bridgehead atoms. The van der Waals surface area contributed by atoms with Crippen molar-refractivity contribution in [2.45, 2.75) is 46.5 Å². The molecule has 16 heavy (non-hydrogen) atoms. The number of unbranched alkanes of at least 4 members (excludes halogenated alkanes) is 3. The summed E-state index contributed by atoms with van der Waals surface area (Å²) in [5, 5.41) is 2.90. The van der Waals surface area contributed by atoms with Gasteiger partial charge in [0.1, 0.15) is 0 Å². The molecule has 1 amide bonds. The maximum Gasteiger partial charge on any atom is 0.230 e. The first-order chi connectivity index (χ1) is 7.50. The van der Waals surface area contributed by atoms with Gasteiger partial charge in [0, 0.05) is 6.54 Å². The third-order valence-corrected chi connectivity index (χ3v) is 2.84. The number of carbonyl (C=O) groups excluding carboxylic acids is 1. The van der Waals surface area contributed by atoms with E-state index in [1.165, 1.54) is 12.8 Å². The van der Waals surface area contributed by atoms with E-state index in [-0.39, 0.29) is 17.7 Å². The Morgan fingerprint density at radius 2 is 1.94 bits per heavy atom. The topological polar surface area (TPSA) is 55.1 Å². The normalized spacial score (nSPS) is 12.5. The Bertz CT molecular complexity index is 229. The molecule has 0 aliphatic heterocycles. The van der Waals surface area contributed by atoms with Crippen molar-refractivity contribution in [3.63, 3.8) is 0 Å². The van der Waals surface area contributed by atoms with Crippen LogP contribution in [-0.2, 0) is 4.79 Å². The highest BCUT2D eigenvalue weighted by Crippen LogP contribution is 2.11. The molecule has 0 saturated heterocycles.